The molecule has 0 saturated carbocycles. The van der Waals surface area contributed by atoms with Crippen LogP contribution in [0.4, 0.5) is 0 Å². The summed E-state index contributed by atoms with van der Waals surface area (Å²) in [4.78, 5) is 12.6. The zero-order valence-corrected chi connectivity index (χ0v) is 17.8. The van der Waals surface area contributed by atoms with Crippen LogP contribution in [0.3, 0.4) is 0 Å². The van der Waals surface area contributed by atoms with Crippen LogP contribution in [0.1, 0.15) is 28.3 Å². The minimum atomic E-state index is -0.432. The van der Waals surface area contributed by atoms with Crippen LogP contribution in [0.5, 0.6) is 0 Å². The molecule has 1 aromatic carbocycles. The number of nitrogens with one attached hydrogen (secondary N) is 1. The molecule has 0 aliphatic carbocycles. The maximum absolute atomic E-state index is 12.6. The van der Waals surface area contributed by atoms with Gasteiger partial charge in [-0.15, -0.1) is 0 Å². The molecule has 3 aromatic rings. The number of halogens is 1. The van der Waals surface area contributed by atoms with E-state index in [0.29, 0.717) is 0 Å². The van der Waals surface area contributed by atoms with Crippen LogP contribution in [-0.2, 0) is 4.79 Å². The zero-order valence-electron chi connectivity index (χ0n) is 16.2. The largest absolute Gasteiger partial charge is 0.318 e. The average Bonchev–Trinajstić information content (AvgIpc) is 3.13. The molecule has 2 aromatic heterocycles. The Bertz CT molecular complexity index is 1090. The number of carbonyl (C=O) groups excluding carboxylic acids is 1. The molecule has 0 fully saturated rings. The van der Waals surface area contributed by atoms with Gasteiger partial charge in [0.05, 0.1) is 0 Å². The van der Waals surface area contributed by atoms with E-state index in [1.165, 1.54) is 0 Å². The molecular weight excluding hydrogens is 416 g/mol. The van der Waals surface area contributed by atoms with Gasteiger partial charge >= 0.3 is 0 Å². The fourth-order valence-electron chi connectivity index (χ4n) is 3.23. The number of benzene rings is 1. The number of aryl methyl sites for hydroxylation is 3. The maximum Gasteiger partial charge on any atom is 0.280 e. The molecule has 0 aliphatic rings. The van der Waals surface area contributed by atoms with Crippen LogP contribution in [0.2, 0.25) is 0 Å². The summed E-state index contributed by atoms with van der Waals surface area (Å²) in [5, 5.41) is 9.54. The van der Waals surface area contributed by atoms with Crippen LogP contribution < -0.4 is 5.43 Å². The highest BCUT2D eigenvalue weighted by molar-refractivity contribution is 9.10. The average molecular weight is 437 g/mol. The zero-order chi connectivity index (χ0) is 20.4. The molecule has 6 heteroatoms. The lowest BCUT2D eigenvalue weighted by Gasteiger charge is -2.11. The molecule has 0 bridgehead atoms. The number of hydrogen-bond donors (Lipinski definition) is 1. The first-order valence-electron chi connectivity index (χ1n) is 8.85. The Morgan fingerprint density at radius 3 is 2.21 bits per heavy atom. The van der Waals surface area contributed by atoms with E-state index in [0.717, 1.165) is 38.5 Å². The Balaban J connectivity index is 1.95. The molecule has 3 rings (SSSR count). The Hall–Kier alpha value is -3.04. The summed E-state index contributed by atoms with van der Waals surface area (Å²) in [6.07, 6.45) is 1.64. The second-order valence-corrected chi connectivity index (χ2v) is 7.62. The summed E-state index contributed by atoms with van der Waals surface area (Å²) in [6, 6.07) is 15.8. The normalized spacial score (nSPS) is 11.4. The third-order valence-electron chi connectivity index (χ3n) is 4.70. The topological polar surface area (TPSA) is 62.8 Å². The first-order chi connectivity index (χ1) is 13.3. The van der Waals surface area contributed by atoms with E-state index in [2.05, 4.69) is 25.9 Å². The molecule has 142 valence electrons. The van der Waals surface area contributed by atoms with E-state index in [-0.39, 0.29) is 5.57 Å². The monoisotopic (exact) mass is 436 g/mol. The van der Waals surface area contributed by atoms with E-state index in [4.69, 9.17) is 0 Å². The van der Waals surface area contributed by atoms with Gasteiger partial charge in [-0.2, -0.15) is 5.26 Å². The highest BCUT2D eigenvalue weighted by Crippen LogP contribution is 2.24. The van der Waals surface area contributed by atoms with Gasteiger partial charge in [0.1, 0.15) is 11.6 Å². The third kappa shape index (κ3) is 3.80. The highest BCUT2D eigenvalue weighted by atomic mass is 79.9. The predicted octanol–water partition coefficient (Wildman–Crippen LogP) is 4.95. The first kappa shape index (κ1) is 19.7. The predicted molar refractivity (Wildman–Crippen MR) is 115 cm³/mol. The van der Waals surface area contributed by atoms with Crippen molar-refractivity contribution in [2.75, 3.05) is 5.43 Å². The van der Waals surface area contributed by atoms with Crippen LogP contribution in [-0.4, -0.2) is 15.2 Å². The van der Waals surface area contributed by atoms with E-state index in [1.54, 1.807) is 10.8 Å². The second-order valence-electron chi connectivity index (χ2n) is 6.70. The number of hydrogen-bond acceptors (Lipinski definition) is 2. The number of carbonyl (C=O) groups is 1. The first-order valence-corrected chi connectivity index (χ1v) is 9.64. The Morgan fingerprint density at radius 2 is 1.64 bits per heavy atom. The second kappa shape index (κ2) is 7.91. The van der Waals surface area contributed by atoms with Crippen molar-refractivity contribution in [2.24, 2.45) is 0 Å². The number of aromatic nitrogens is 2. The van der Waals surface area contributed by atoms with Crippen molar-refractivity contribution >= 4 is 27.9 Å². The Labute approximate surface area is 173 Å². The number of nitrogens with zero attached hydrogens (tertiary/aromatic N) is 3. The van der Waals surface area contributed by atoms with Crippen molar-refractivity contribution in [1.82, 2.24) is 9.24 Å². The molecule has 1 N–H and O–H groups in total. The third-order valence-corrected chi connectivity index (χ3v) is 5.23. The highest BCUT2D eigenvalue weighted by Gasteiger charge is 2.15. The molecular formula is C22H21BrN4O. The van der Waals surface area contributed by atoms with E-state index >= 15 is 0 Å². The number of nitriles is 1. The van der Waals surface area contributed by atoms with Crippen molar-refractivity contribution in [2.45, 2.75) is 27.7 Å². The lowest BCUT2D eigenvalue weighted by Crippen LogP contribution is -2.25. The lowest BCUT2D eigenvalue weighted by molar-refractivity contribution is -0.113. The molecule has 0 radical (unpaired) electrons. The number of rotatable bonds is 4. The quantitative estimate of drug-likeness (QED) is 0.464. The standard InChI is InChI=1S/C22H21BrN4O/c1-14-5-6-15(2)27(14)25-22(28)19(13-24)12-18-11-16(3)26(17(18)4)21-9-7-20(23)8-10-21/h5-12H,1-4H3,(H,25,28)/b19-12-. The van der Waals surface area contributed by atoms with Gasteiger partial charge in [0.25, 0.3) is 5.91 Å². The minimum absolute atomic E-state index is 0.0588. The van der Waals surface area contributed by atoms with Crippen molar-refractivity contribution < 1.29 is 4.79 Å². The van der Waals surface area contributed by atoms with Crippen LogP contribution >= 0.6 is 15.9 Å². The lowest BCUT2D eigenvalue weighted by atomic mass is 10.1. The van der Waals surface area contributed by atoms with E-state index in [9.17, 15) is 10.1 Å². The molecule has 28 heavy (non-hydrogen) atoms. The van der Waals surface area contributed by atoms with Crippen molar-refractivity contribution in [3.05, 3.63) is 80.8 Å². The Kier molecular flexibility index (Phi) is 5.57. The summed E-state index contributed by atoms with van der Waals surface area (Å²) in [6.45, 7) is 7.78. The van der Waals surface area contributed by atoms with Gasteiger partial charge in [-0.25, -0.2) is 0 Å². The summed E-state index contributed by atoms with van der Waals surface area (Å²) < 4.78 is 4.79. The van der Waals surface area contributed by atoms with Gasteiger partial charge in [-0.05, 0) is 81.8 Å². The molecule has 0 atom stereocenters. The van der Waals surface area contributed by atoms with Crippen molar-refractivity contribution in [3.63, 3.8) is 0 Å². The minimum Gasteiger partial charge on any atom is -0.318 e. The van der Waals surface area contributed by atoms with Gasteiger partial charge in [-0.3, -0.25) is 14.9 Å². The fraction of sp³-hybridized carbons (Fsp3) is 0.182. The van der Waals surface area contributed by atoms with Gasteiger partial charge in [0.2, 0.25) is 0 Å². The molecule has 5 nitrogen and oxygen atoms in total. The van der Waals surface area contributed by atoms with Crippen molar-refractivity contribution in [1.29, 1.82) is 5.26 Å². The summed E-state index contributed by atoms with van der Waals surface area (Å²) >= 11 is 3.45. The van der Waals surface area contributed by atoms with Gasteiger partial charge in [0, 0.05) is 32.9 Å². The molecule has 0 saturated heterocycles. The number of amides is 1. The van der Waals surface area contributed by atoms with E-state index in [1.807, 2.05) is 76.2 Å². The van der Waals surface area contributed by atoms with Crippen LogP contribution in [0.15, 0.2) is 52.5 Å². The summed E-state index contributed by atoms with van der Waals surface area (Å²) in [7, 11) is 0. The SMILES string of the molecule is Cc1ccc(C)n1NC(=O)/C(C#N)=C\c1cc(C)n(-c2ccc(Br)cc2)c1C. The van der Waals surface area contributed by atoms with Crippen LogP contribution in [0.25, 0.3) is 11.8 Å². The van der Waals surface area contributed by atoms with Gasteiger partial charge in [0.15, 0.2) is 0 Å². The molecule has 2 heterocycles. The van der Waals surface area contributed by atoms with E-state index < -0.39 is 5.91 Å². The van der Waals surface area contributed by atoms with Crippen LogP contribution in [0, 0.1) is 39.0 Å². The smallest absolute Gasteiger partial charge is 0.280 e. The van der Waals surface area contributed by atoms with Crippen molar-refractivity contribution in [3.8, 4) is 11.8 Å². The Morgan fingerprint density at radius 1 is 1.04 bits per heavy atom. The molecule has 1 amide bonds. The molecule has 0 aliphatic heterocycles. The van der Waals surface area contributed by atoms with Gasteiger partial charge < -0.3 is 4.57 Å². The maximum atomic E-state index is 12.6. The summed E-state index contributed by atoms with van der Waals surface area (Å²) in [5.41, 5.74) is 8.50. The van der Waals surface area contributed by atoms with Gasteiger partial charge in [-0.1, -0.05) is 15.9 Å². The fourth-order valence-corrected chi connectivity index (χ4v) is 3.50. The molecule has 0 spiro atoms. The summed E-state index contributed by atoms with van der Waals surface area (Å²) in [5.74, 6) is -0.432. The molecule has 0 unspecified atom stereocenters.